The van der Waals surface area contributed by atoms with Crippen LogP contribution in [-0.2, 0) is 16.1 Å². The minimum Gasteiger partial charge on any atom is -0.477 e. The van der Waals surface area contributed by atoms with Gasteiger partial charge in [0.05, 0.1) is 12.3 Å². The van der Waals surface area contributed by atoms with Crippen LogP contribution in [0.4, 0.5) is 0 Å². The van der Waals surface area contributed by atoms with Gasteiger partial charge in [-0.05, 0) is 18.6 Å². The molecule has 0 aliphatic carbocycles. The van der Waals surface area contributed by atoms with Gasteiger partial charge in [-0.15, -0.1) is 16.4 Å². The fourth-order valence-corrected chi connectivity index (χ4v) is 3.36. The van der Waals surface area contributed by atoms with Crippen LogP contribution in [0.3, 0.4) is 0 Å². The van der Waals surface area contributed by atoms with E-state index < -0.39 is 5.97 Å². The minimum absolute atomic E-state index is 0.00720. The molecule has 0 fully saturated rings. The zero-order valence-electron chi connectivity index (χ0n) is 15.5. The summed E-state index contributed by atoms with van der Waals surface area (Å²) in [7, 11) is 1.60. The number of aryl methyl sites for hydroxylation is 1. The van der Waals surface area contributed by atoms with Crippen molar-refractivity contribution in [2.45, 2.75) is 19.6 Å². The van der Waals surface area contributed by atoms with Gasteiger partial charge in [0.25, 0.3) is 0 Å². The summed E-state index contributed by atoms with van der Waals surface area (Å²) in [6.45, 7) is 2.36. The third kappa shape index (κ3) is 4.81. The van der Waals surface area contributed by atoms with Gasteiger partial charge < -0.3 is 15.2 Å². The predicted octanol–water partition coefficient (Wildman–Crippen LogP) is 2.52. The summed E-state index contributed by atoms with van der Waals surface area (Å²) in [5.74, 6) is -1.20. The zero-order chi connectivity index (χ0) is 20.1. The molecule has 9 heteroatoms. The molecule has 3 aromatic rings. The van der Waals surface area contributed by atoms with E-state index in [1.165, 1.54) is 10.7 Å². The highest BCUT2D eigenvalue weighted by Crippen LogP contribution is 2.23. The van der Waals surface area contributed by atoms with Crippen molar-refractivity contribution in [3.8, 4) is 11.3 Å². The van der Waals surface area contributed by atoms with Gasteiger partial charge in [-0.2, -0.15) is 0 Å². The van der Waals surface area contributed by atoms with Crippen molar-refractivity contribution in [1.29, 1.82) is 0 Å². The topological polar surface area (TPSA) is 106 Å². The van der Waals surface area contributed by atoms with E-state index in [4.69, 9.17) is 9.84 Å². The standard InChI is InChI=1S/C19H20N4O4S/c1-12-3-5-13(6-4-12)16(27-2)8-20-18(24)10-23-9-15(21-22-23)14-7-17(19(25)26)28-11-14/h3-7,9,11,16H,8,10H2,1-2H3,(H,20,24)(H,25,26). The van der Waals surface area contributed by atoms with E-state index in [9.17, 15) is 9.59 Å². The second kappa shape index (κ2) is 8.77. The normalized spacial score (nSPS) is 11.9. The molecule has 0 saturated carbocycles. The summed E-state index contributed by atoms with van der Waals surface area (Å²) in [6, 6.07) is 9.49. The number of benzene rings is 1. The van der Waals surface area contributed by atoms with Crippen LogP contribution in [0.2, 0.25) is 0 Å². The number of carbonyl (C=O) groups excluding carboxylic acids is 1. The number of carbonyl (C=O) groups is 2. The van der Waals surface area contributed by atoms with Gasteiger partial charge in [-0.1, -0.05) is 35.0 Å². The molecule has 1 unspecified atom stereocenters. The Hall–Kier alpha value is -3.04. The van der Waals surface area contributed by atoms with Crippen molar-refractivity contribution in [3.63, 3.8) is 0 Å². The van der Waals surface area contributed by atoms with E-state index >= 15 is 0 Å². The smallest absolute Gasteiger partial charge is 0.345 e. The molecule has 1 atom stereocenters. The number of carboxylic acids is 1. The van der Waals surface area contributed by atoms with Gasteiger partial charge in [0.1, 0.15) is 17.1 Å². The number of aromatic nitrogens is 3. The number of carboxylic acid groups (broad SMARTS) is 1. The lowest BCUT2D eigenvalue weighted by molar-refractivity contribution is -0.122. The lowest BCUT2D eigenvalue weighted by Crippen LogP contribution is -2.32. The second-order valence-electron chi connectivity index (χ2n) is 6.25. The highest BCUT2D eigenvalue weighted by atomic mass is 32.1. The van der Waals surface area contributed by atoms with Gasteiger partial charge in [0.15, 0.2) is 0 Å². The first-order chi connectivity index (χ1) is 13.5. The highest BCUT2D eigenvalue weighted by molar-refractivity contribution is 7.12. The molecule has 28 heavy (non-hydrogen) atoms. The molecular weight excluding hydrogens is 380 g/mol. The van der Waals surface area contributed by atoms with Crippen molar-refractivity contribution in [2.75, 3.05) is 13.7 Å². The number of thiophene rings is 1. The summed E-state index contributed by atoms with van der Waals surface area (Å²) in [4.78, 5) is 23.4. The van der Waals surface area contributed by atoms with Crippen molar-refractivity contribution < 1.29 is 19.4 Å². The van der Waals surface area contributed by atoms with Crippen LogP contribution in [-0.4, -0.2) is 45.6 Å². The van der Waals surface area contributed by atoms with Gasteiger partial charge in [-0.25, -0.2) is 9.48 Å². The van der Waals surface area contributed by atoms with Crippen LogP contribution in [0.25, 0.3) is 11.3 Å². The summed E-state index contributed by atoms with van der Waals surface area (Å²) < 4.78 is 6.88. The lowest BCUT2D eigenvalue weighted by Gasteiger charge is -2.16. The molecule has 8 nitrogen and oxygen atoms in total. The van der Waals surface area contributed by atoms with Crippen molar-refractivity contribution >= 4 is 23.2 Å². The first kappa shape index (κ1) is 19.7. The number of aromatic carboxylic acids is 1. The highest BCUT2D eigenvalue weighted by Gasteiger charge is 2.14. The Kier molecular flexibility index (Phi) is 6.17. The lowest BCUT2D eigenvalue weighted by atomic mass is 10.1. The fourth-order valence-electron chi connectivity index (χ4n) is 2.62. The number of nitrogens with zero attached hydrogens (tertiary/aromatic N) is 3. The maximum absolute atomic E-state index is 12.2. The van der Waals surface area contributed by atoms with Crippen molar-refractivity contribution in [3.05, 3.63) is 57.9 Å². The Morgan fingerprint density at radius 1 is 1.32 bits per heavy atom. The Balaban J connectivity index is 1.56. The monoisotopic (exact) mass is 400 g/mol. The molecule has 2 heterocycles. The Labute approximate surface area is 165 Å². The molecular formula is C19H20N4O4S. The summed E-state index contributed by atoms with van der Waals surface area (Å²) >= 11 is 1.12. The summed E-state index contributed by atoms with van der Waals surface area (Å²) in [5, 5.41) is 21.5. The van der Waals surface area contributed by atoms with Gasteiger partial charge in [0.2, 0.25) is 5.91 Å². The van der Waals surface area contributed by atoms with Gasteiger partial charge in [0, 0.05) is 24.6 Å². The van der Waals surface area contributed by atoms with E-state index in [0.29, 0.717) is 17.8 Å². The summed E-state index contributed by atoms with van der Waals surface area (Å²) in [6.07, 6.45) is 1.37. The molecule has 0 spiro atoms. The molecule has 146 valence electrons. The first-order valence-electron chi connectivity index (χ1n) is 8.54. The summed E-state index contributed by atoms with van der Waals surface area (Å²) in [5.41, 5.74) is 3.33. The number of methoxy groups -OCH3 is 1. The molecule has 1 amide bonds. The molecule has 2 aromatic heterocycles. The quantitative estimate of drug-likeness (QED) is 0.602. The molecule has 2 N–H and O–H groups in total. The van der Waals surface area contributed by atoms with E-state index in [-0.39, 0.29) is 23.4 Å². The number of amides is 1. The Morgan fingerprint density at radius 2 is 2.07 bits per heavy atom. The van der Waals surface area contributed by atoms with Crippen molar-refractivity contribution in [1.82, 2.24) is 20.3 Å². The maximum Gasteiger partial charge on any atom is 0.345 e. The van der Waals surface area contributed by atoms with E-state index in [2.05, 4.69) is 15.6 Å². The number of nitrogens with one attached hydrogen (secondary N) is 1. The Morgan fingerprint density at radius 3 is 2.71 bits per heavy atom. The average molecular weight is 400 g/mol. The van der Waals surface area contributed by atoms with E-state index in [0.717, 1.165) is 22.5 Å². The van der Waals surface area contributed by atoms with E-state index in [1.54, 1.807) is 18.7 Å². The number of hydrogen-bond acceptors (Lipinski definition) is 6. The number of ether oxygens (including phenoxy) is 1. The molecule has 1 aromatic carbocycles. The van der Waals surface area contributed by atoms with Crippen LogP contribution in [0.15, 0.2) is 41.9 Å². The van der Waals surface area contributed by atoms with Crippen LogP contribution in [0, 0.1) is 6.92 Å². The van der Waals surface area contributed by atoms with Crippen LogP contribution >= 0.6 is 11.3 Å². The third-order valence-electron chi connectivity index (χ3n) is 4.17. The van der Waals surface area contributed by atoms with Gasteiger partial charge in [-0.3, -0.25) is 4.79 Å². The maximum atomic E-state index is 12.2. The minimum atomic E-state index is -0.982. The SMILES string of the molecule is COC(CNC(=O)Cn1cc(-c2csc(C(=O)O)c2)nn1)c1ccc(C)cc1. The molecule has 0 aliphatic rings. The van der Waals surface area contributed by atoms with Gasteiger partial charge >= 0.3 is 5.97 Å². The zero-order valence-corrected chi connectivity index (χ0v) is 16.3. The van der Waals surface area contributed by atoms with Crippen LogP contribution in [0.5, 0.6) is 0 Å². The predicted molar refractivity (Wildman–Crippen MR) is 104 cm³/mol. The molecule has 3 rings (SSSR count). The fraction of sp³-hybridized carbons (Fsp3) is 0.263. The average Bonchev–Trinajstić information content (AvgIpc) is 3.33. The molecule has 0 bridgehead atoms. The number of rotatable bonds is 8. The van der Waals surface area contributed by atoms with Crippen molar-refractivity contribution in [2.24, 2.45) is 0 Å². The molecule has 0 saturated heterocycles. The van der Waals surface area contributed by atoms with Crippen LogP contribution in [0.1, 0.15) is 26.9 Å². The van der Waals surface area contributed by atoms with E-state index in [1.807, 2.05) is 31.2 Å². The number of hydrogen-bond donors (Lipinski definition) is 2. The molecule has 0 aliphatic heterocycles. The molecule has 0 radical (unpaired) electrons. The second-order valence-corrected chi connectivity index (χ2v) is 7.16. The third-order valence-corrected chi connectivity index (χ3v) is 5.09. The first-order valence-corrected chi connectivity index (χ1v) is 9.42. The Bertz CT molecular complexity index is 964. The largest absolute Gasteiger partial charge is 0.477 e. The van der Waals surface area contributed by atoms with Crippen LogP contribution < -0.4 is 5.32 Å².